The number of aromatic hydroxyl groups is 1. The van der Waals surface area contributed by atoms with Crippen LogP contribution in [-0.2, 0) is 75.2 Å². The van der Waals surface area contributed by atoms with E-state index in [1.54, 1.807) is 56.0 Å². The average molecular weight is 1510 g/mol. The average Bonchev–Trinajstić information content (AvgIpc) is 0.871. The molecule has 0 spiro atoms. The second-order valence-corrected chi connectivity index (χ2v) is 25.2. The molecule has 0 aliphatic carbocycles. The van der Waals surface area contributed by atoms with Gasteiger partial charge in [-0.15, -0.1) is 0 Å². The Bertz CT molecular complexity index is 2990. The second kappa shape index (κ2) is 46.5. The molecule has 1 saturated heterocycles. The standard InChI is InChI=1S/C64H94IN11O23/c65-43-35-42(21-23-50(43)77)37-47(68-53(80)20-12-17-49(63(97)98)76-33-31-74(39-56(85)86)29-27-73(38-55(83)84)28-30-75(32-34-76)40-57(87)88)58(89)70-48(36-41-13-4-3-5-14-41)59(90)69-44(60(91)92)15-8-10-25-66-51(78)18-6-1-2-7-19-52(79)67-26-11-9-16-45(61(93)94)71-64(99)72-46(62(95)96)22-24-54(81)82/h3-5,13-14,21,23,35,44-49,77H,1-2,6-12,15-20,22,24-34,36-40H2,(H,66,78)(H,67,79)(H,68,80)(H,69,90)(H,70,89)(H,81,82)(H,83,84)(H,85,86)(H,87,88)(H,91,92)(H,93,94)(H,95,96)(H,97,98)(H2,71,72,99)/t44?,45-,46-,47?,48+,49?/m0/s1. The summed E-state index contributed by atoms with van der Waals surface area (Å²) in [5, 5.41) is 105. The van der Waals surface area contributed by atoms with Crippen LogP contribution >= 0.6 is 22.6 Å². The van der Waals surface area contributed by atoms with Gasteiger partial charge in [-0.3, -0.25) is 67.5 Å². The number of halogens is 1. The molecule has 1 fully saturated rings. The largest absolute Gasteiger partial charge is 0.507 e. The topological polar surface area (TPSA) is 518 Å². The van der Waals surface area contributed by atoms with Crippen molar-refractivity contribution >= 4 is 106 Å². The summed E-state index contributed by atoms with van der Waals surface area (Å²) in [6.07, 6.45) is 2.22. The predicted molar refractivity (Wildman–Crippen MR) is 360 cm³/mol. The van der Waals surface area contributed by atoms with Crippen LogP contribution in [0.25, 0.3) is 0 Å². The number of urea groups is 1. The first-order valence-electron chi connectivity index (χ1n) is 32.7. The van der Waals surface area contributed by atoms with E-state index in [9.17, 15) is 108 Å². The van der Waals surface area contributed by atoms with E-state index in [2.05, 4.69) is 37.2 Å². The van der Waals surface area contributed by atoms with E-state index in [1.807, 2.05) is 22.6 Å². The number of rotatable bonds is 46. The van der Waals surface area contributed by atoms with Gasteiger partial charge in [-0.05, 0) is 116 Å². The highest BCUT2D eigenvalue weighted by Gasteiger charge is 2.33. The third kappa shape index (κ3) is 36.6. The van der Waals surface area contributed by atoms with Crippen LogP contribution in [0.4, 0.5) is 4.79 Å². The molecule has 99 heavy (non-hydrogen) atoms. The van der Waals surface area contributed by atoms with Crippen molar-refractivity contribution < 1.29 is 113 Å². The summed E-state index contributed by atoms with van der Waals surface area (Å²) >= 11 is 1.88. The summed E-state index contributed by atoms with van der Waals surface area (Å²) in [5.74, 6) is -13.1. The molecule has 2 aromatic rings. The fraction of sp³-hybridized carbons (Fsp3) is 0.594. The van der Waals surface area contributed by atoms with Gasteiger partial charge in [-0.1, -0.05) is 49.2 Å². The third-order valence-corrected chi connectivity index (χ3v) is 16.9. The summed E-state index contributed by atoms with van der Waals surface area (Å²) in [4.78, 5) is 181. The normalized spacial score (nSPS) is 15.3. The summed E-state index contributed by atoms with van der Waals surface area (Å²) < 4.78 is 0.421. The minimum atomic E-state index is -1.54. The molecule has 0 radical (unpaired) electrons. The van der Waals surface area contributed by atoms with Gasteiger partial charge in [-0.2, -0.15) is 0 Å². The van der Waals surface area contributed by atoms with Crippen molar-refractivity contribution in [3.8, 4) is 5.75 Å². The van der Waals surface area contributed by atoms with Gasteiger partial charge < -0.3 is 83.2 Å². The van der Waals surface area contributed by atoms with Crippen LogP contribution in [0.3, 0.4) is 0 Å². The Morgan fingerprint density at radius 2 is 0.818 bits per heavy atom. The van der Waals surface area contributed by atoms with Crippen LogP contribution in [-0.4, -0.2) is 270 Å². The molecule has 1 aliphatic rings. The molecule has 34 nitrogen and oxygen atoms in total. The zero-order valence-electron chi connectivity index (χ0n) is 55.1. The SMILES string of the molecule is O=C(O)CC[C@H](NC(=O)N[C@@H](CCCCNC(=O)CCCCCCC(=O)NCCCCC(NC(=O)[C@@H](Cc1ccccc1)NC(=O)C(Cc1ccc(O)c(I)c1)NC(=O)CCCC(C(=O)O)N1CCN(CC(=O)O)CCN(CC(=O)O)CCN(CC(=O)O)CC1)C(=O)O)C(=O)O)C(=O)O. The van der Waals surface area contributed by atoms with E-state index in [4.69, 9.17) is 5.11 Å². The lowest BCUT2D eigenvalue weighted by Crippen LogP contribution is -2.57. The minimum absolute atomic E-state index is 0.00290. The number of amides is 7. The monoisotopic (exact) mass is 1510 g/mol. The summed E-state index contributed by atoms with van der Waals surface area (Å²) in [6, 6.07) is 3.59. The van der Waals surface area contributed by atoms with Crippen LogP contribution < -0.4 is 37.2 Å². The number of carboxylic acids is 8. The van der Waals surface area contributed by atoms with Gasteiger partial charge in [-0.25, -0.2) is 19.2 Å². The number of phenols is 1. The Balaban J connectivity index is 1.56. The molecule has 7 amide bonds. The van der Waals surface area contributed by atoms with Crippen molar-refractivity contribution in [1.82, 2.24) is 56.8 Å². The van der Waals surface area contributed by atoms with Gasteiger partial charge in [0.05, 0.1) is 23.2 Å². The number of carbonyl (C=O) groups excluding carboxylic acids is 6. The lowest BCUT2D eigenvalue weighted by atomic mass is 10.0. The molecule has 0 bridgehead atoms. The van der Waals surface area contributed by atoms with Gasteiger partial charge in [0.15, 0.2) is 0 Å². The van der Waals surface area contributed by atoms with Gasteiger partial charge >= 0.3 is 53.8 Å². The van der Waals surface area contributed by atoms with Crippen molar-refractivity contribution in [2.75, 3.05) is 85.1 Å². The lowest BCUT2D eigenvalue weighted by molar-refractivity contribution is -0.145. The van der Waals surface area contributed by atoms with Gasteiger partial charge in [0.1, 0.15) is 42.0 Å². The van der Waals surface area contributed by atoms with Gasteiger partial charge in [0.25, 0.3) is 0 Å². The second-order valence-electron chi connectivity index (χ2n) is 24.0. The van der Waals surface area contributed by atoms with Crippen molar-refractivity contribution in [1.29, 1.82) is 0 Å². The van der Waals surface area contributed by atoms with Crippen molar-refractivity contribution in [3.05, 3.63) is 63.2 Å². The van der Waals surface area contributed by atoms with Crippen LogP contribution in [0.15, 0.2) is 48.5 Å². The summed E-state index contributed by atoms with van der Waals surface area (Å²) in [7, 11) is 0. The lowest BCUT2D eigenvalue weighted by Gasteiger charge is -2.35. The highest BCUT2D eigenvalue weighted by atomic mass is 127. The van der Waals surface area contributed by atoms with Gasteiger partial charge in [0.2, 0.25) is 29.5 Å². The summed E-state index contributed by atoms with van der Waals surface area (Å²) in [5.41, 5.74) is 1.08. The molecule has 6 atom stereocenters. The van der Waals surface area contributed by atoms with Crippen LogP contribution in [0, 0.1) is 3.57 Å². The fourth-order valence-corrected chi connectivity index (χ4v) is 11.3. The van der Waals surface area contributed by atoms with Crippen molar-refractivity contribution in [2.45, 2.75) is 158 Å². The summed E-state index contributed by atoms with van der Waals surface area (Å²) in [6.45, 7) is -0.264. The molecular formula is C64H94IN11O23. The van der Waals surface area contributed by atoms with E-state index in [1.165, 1.54) is 12.1 Å². The molecule has 16 N–H and O–H groups in total. The highest BCUT2D eigenvalue weighted by Crippen LogP contribution is 2.22. The number of hydrogen-bond donors (Lipinski definition) is 16. The number of nitrogens with zero attached hydrogens (tertiary/aromatic N) is 4. The molecule has 550 valence electrons. The van der Waals surface area contributed by atoms with E-state index in [0.717, 1.165) is 0 Å². The zero-order valence-corrected chi connectivity index (χ0v) is 57.3. The Labute approximate surface area is 585 Å². The third-order valence-electron chi connectivity index (χ3n) is 16.1. The number of carboxylic acid groups (broad SMARTS) is 8. The van der Waals surface area contributed by atoms with Gasteiger partial charge in [0, 0.05) is 104 Å². The van der Waals surface area contributed by atoms with E-state index in [0.29, 0.717) is 53.2 Å². The minimum Gasteiger partial charge on any atom is -0.507 e. The number of carbonyl (C=O) groups is 14. The first kappa shape index (κ1) is 84.4. The molecular weight excluding hydrogens is 1420 g/mol. The van der Waals surface area contributed by atoms with Crippen molar-refractivity contribution in [2.24, 2.45) is 0 Å². The first-order valence-corrected chi connectivity index (χ1v) is 33.8. The number of hydrogen-bond acceptors (Lipinski definition) is 19. The molecule has 1 heterocycles. The molecule has 3 rings (SSSR count). The van der Waals surface area contributed by atoms with E-state index < -0.39 is 134 Å². The number of benzene rings is 2. The zero-order chi connectivity index (χ0) is 73.4. The molecule has 35 heteroatoms. The molecule has 0 aromatic heterocycles. The van der Waals surface area contributed by atoms with E-state index in [-0.39, 0.29) is 160 Å². The smallest absolute Gasteiger partial charge is 0.326 e. The Morgan fingerprint density at radius 1 is 0.394 bits per heavy atom. The maximum Gasteiger partial charge on any atom is 0.326 e. The predicted octanol–water partition coefficient (Wildman–Crippen LogP) is 0.404. The molecule has 3 unspecified atom stereocenters. The highest BCUT2D eigenvalue weighted by molar-refractivity contribution is 14.1. The number of phenolic OH excluding ortho intramolecular Hbond substituents is 1. The number of nitrogens with one attached hydrogen (secondary N) is 7. The molecule has 0 saturated carbocycles. The van der Waals surface area contributed by atoms with Crippen LogP contribution in [0.5, 0.6) is 5.75 Å². The Morgan fingerprint density at radius 3 is 1.26 bits per heavy atom. The van der Waals surface area contributed by atoms with Crippen molar-refractivity contribution in [3.63, 3.8) is 0 Å². The Hall–Kier alpha value is -8.81. The maximum absolute atomic E-state index is 14.5. The number of unbranched alkanes of at least 4 members (excludes halogenated alkanes) is 5. The fourth-order valence-electron chi connectivity index (χ4n) is 10.7. The van der Waals surface area contributed by atoms with E-state index >= 15 is 0 Å². The quantitative estimate of drug-likeness (QED) is 0.0315. The first-order chi connectivity index (χ1) is 47.0. The van der Waals surface area contributed by atoms with Crippen LogP contribution in [0.2, 0.25) is 0 Å². The Kier molecular flexibility index (Phi) is 39.6. The van der Waals surface area contributed by atoms with Crippen LogP contribution in [0.1, 0.15) is 120 Å². The molecule has 1 aliphatic heterocycles. The number of aliphatic carboxylic acids is 8. The maximum atomic E-state index is 14.5. The molecule has 2 aromatic carbocycles.